The van der Waals surface area contributed by atoms with Crippen LogP contribution in [0.15, 0.2) is 59.2 Å². The molecule has 1 aromatic heterocycles. The first-order chi connectivity index (χ1) is 13.3. The molecule has 5 nitrogen and oxygen atoms in total. The molecule has 3 aromatic rings. The molecule has 1 unspecified atom stereocenters. The Kier molecular flexibility index (Phi) is 4.00. The molecule has 2 aliphatic heterocycles. The van der Waals surface area contributed by atoms with Gasteiger partial charge in [0.25, 0.3) is 0 Å². The highest BCUT2D eigenvalue weighted by Crippen LogP contribution is 2.29. The minimum absolute atomic E-state index is 0.111. The van der Waals surface area contributed by atoms with Gasteiger partial charge in [-0.25, -0.2) is 0 Å². The van der Waals surface area contributed by atoms with E-state index >= 15 is 0 Å². The molecule has 0 radical (unpaired) electrons. The Labute approximate surface area is 158 Å². The molecule has 0 aliphatic carbocycles. The van der Waals surface area contributed by atoms with Gasteiger partial charge in [0.2, 0.25) is 5.91 Å². The van der Waals surface area contributed by atoms with Gasteiger partial charge >= 0.3 is 0 Å². The molecule has 0 spiro atoms. The van der Waals surface area contributed by atoms with Gasteiger partial charge < -0.3 is 19.5 Å². The summed E-state index contributed by atoms with van der Waals surface area (Å²) in [6.45, 7) is 3.15. The fraction of sp³-hybridized carbons (Fsp3) is 0.318. The molecule has 3 heterocycles. The lowest BCUT2D eigenvalue weighted by Crippen LogP contribution is -2.53. The van der Waals surface area contributed by atoms with E-state index in [0.717, 1.165) is 61.4 Å². The lowest BCUT2D eigenvalue weighted by atomic mass is 9.97. The Bertz CT molecular complexity index is 972. The van der Waals surface area contributed by atoms with Gasteiger partial charge in [-0.2, -0.15) is 0 Å². The van der Waals surface area contributed by atoms with Crippen molar-refractivity contribution in [2.45, 2.75) is 18.9 Å². The maximum Gasteiger partial charge on any atom is 0.245 e. The number of benzene rings is 2. The highest BCUT2D eigenvalue weighted by atomic mass is 16.3. The first kappa shape index (κ1) is 16.2. The van der Waals surface area contributed by atoms with Crippen molar-refractivity contribution >= 4 is 28.3 Å². The summed E-state index contributed by atoms with van der Waals surface area (Å²) in [5, 5.41) is 4.56. The monoisotopic (exact) mass is 361 g/mol. The second-order valence-corrected chi connectivity index (χ2v) is 7.32. The Balaban J connectivity index is 1.26. The highest BCUT2D eigenvalue weighted by Gasteiger charge is 2.30. The third kappa shape index (κ3) is 2.93. The average molecular weight is 361 g/mol. The Morgan fingerprint density at radius 2 is 1.85 bits per heavy atom. The number of rotatable bonds is 2. The lowest BCUT2D eigenvalue weighted by Gasteiger charge is -2.38. The molecule has 27 heavy (non-hydrogen) atoms. The van der Waals surface area contributed by atoms with E-state index in [1.54, 1.807) is 6.26 Å². The number of hydrogen-bond donors (Lipinski definition) is 1. The van der Waals surface area contributed by atoms with Crippen molar-refractivity contribution in [3.05, 3.63) is 60.4 Å². The van der Waals surface area contributed by atoms with E-state index in [0.29, 0.717) is 0 Å². The summed E-state index contributed by atoms with van der Waals surface area (Å²) in [4.78, 5) is 17.3. The predicted molar refractivity (Wildman–Crippen MR) is 107 cm³/mol. The third-order valence-electron chi connectivity index (χ3n) is 5.74. The molecular formula is C22H23N3O2. The number of hydrogen-bond acceptors (Lipinski definition) is 4. The van der Waals surface area contributed by atoms with Crippen molar-refractivity contribution in [3.8, 4) is 0 Å². The van der Waals surface area contributed by atoms with Gasteiger partial charge in [-0.3, -0.25) is 4.79 Å². The number of piperazine rings is 1. The number of anilines is 2. The zero-order valence-corrected chi connectivity index (χ0v) is 15.2. The summed E-state index contributed by atoms with van der Waals surface area (Å²) < 4.78 is 5.67. The average Bonchev–Trinajstić information content (AvgIpc) is 3.22. The van der Waals surface area contributed by atoms with Crippen LogP contribution in [-0.2, 0) is 11.2 Å². The minimum atomic E-state index is -0.111. The quantitative estimate of drug-likeness (QED) is 0.759. The molecule has 1 fully saturated rings. The zero-order valence-electron chi connectivity index (χ0n) is 15.2. The van der Waals surface area contributed by atoms with Crippen LogP contribution < -0.4 is 10.2 Å². The van der Waals surface area contributed by atoms with Gasteiger partial charge in [0.1, 0.15) is 6.04 Å². The molecule has 1 saturated heterocycles. The number of carbonyl (C=O) groups is 1. The van der Waals surface area contributed by atoms with E-state index in [2.05, 4.69) is 46.6 Å². The number of nitrogens with zero attached hydrogens (tertiary/aromatic N) is 2. The molecule has 2 aromatic carbocycles. The van der Waals surface area contributed by atoms with Crippen LogP contribution in [0.5, 0.6) is 0 Å². The van der Waals surface area contributed by atoms with Gasteiger partial charge in [-0.1, -0.05) is 30.3 Å². The standard InChI is InChI=1S/C22H23N3O2/c26-22(19-9-8-16-4-1-2-6-18(16)23-19)25-13-11-24(12-14-25)20-7-3-5-17-10-15-27-21(17)20/h1-7,10,15,19,23H,8-9,11-14H2. The molecule has 5 heteroatoms. The molecule has 1 N–H and O–H groups in total. The van der Waals surface area contributed by atoms with Crippen molar-refractivity contribution in [3.63, 3.8) is 0 Å². The molecule has 1 atom stereocenters. The van der Waals surface area contributed by atoms with Gasteiger partial charge in [-0.15, -0.1) is 0 Å². The molecule has 2 aliphatic rings. The highest BCUT2D eigenvalue weighted by molar-refractivity contribution is 5.90. The first-order valence-electron chi connectivity index (χ1n) is 9.64. The van der Waals surface area contributed by atoms with Crippen LogP contribution in [0.25, 0.3) is 11.0 Å². The molecule has 138 valence electrons. The van der Waals surface area contributed by atoms with E-state index in [1.807, 2.05) is 17.0 Å². The maximum atomic E-state index is 13.0. The van der Waals surface area contributed by atoms with Crippen LogP contribution in [0.1, 0.15) is 12.0 Å². The van der Waals surface area contributed by atoms with Crippen LogP contribution in [0, 0.1) is 0 Å². The number of carbonyl (C=O) groups excluding carboxylic acids is 1. The molecule has 0 bridgehead atoms. The second kappa shape index (κ2) is 6.65. The fourth-order valence-electron chi connectivity index (χ4n) is 4.24. The molecule has 5 rings (SSSR count). The van der Waals surface area contributed by atoms with Crippen molar-refractivity contribution in [2.75, 3.05) is 36.4 Å². The summed E-state index contributed by atoms with van der Waals surface area (Å²) in [7, 11) is 0. The fourth-order valence-corrected chi connectivity index (χ4v) is 4.24. The molecule has 1 amide bonds. The van der Waals surface area contributed by atoms with Crippen LogP contribution in [0.4, 0.5) is 11.4 Å². The van der Waals surface area contributed by atoms with Gasteiger partial charge in [0.05, 0.1) is 12.0 Å². The van der Waals surface area contributed by atoms with E-state index in [1.165, 1.54) is 5.56 Å². The molecule has 0 saturated carbocycles. The van der Waals surface area contributed by atoms with Crippen molar-refractivity contribution in [1.29, 1.82) is 0 Å². The second-order valence-electron chi connectivity index (χ2n) is 7.32. The lowest BCUT2D eigenvalue weighted by molar-refractivity contribution is -0.132. The minimum Gasteiger partial charge on any atom is -0.462 e. The van der Waals surface area contributed by atoms with Gasteiger partial charge in [0, 0.05) is 37.3 Å². The number of nitrogens with one attached hydrogen (secondary N) is 1. The zero-order chi connectivity index (χ0) is 18.2. The Morgan fingerprint density at radius 1 is 1.00 bits per heavy atom. The number of furan rings is 1. The largest absolute Gasteiger partial charge is 0.462 e. The predicted octanol–water partition coefficient (Wildman–Crippen LogP) is 3.51. The number of amides is 1. The van der Waals surface area contributed by atoms with Gasteiger partial charge in [-0.05, 0) is 36.6 Å². The number of para-hydroxylation sites is 2. The van der Waals surface area contributed by atoms with Gasteiger partial charge in [0.15, 0.2) is 5.58 Å². The van der Waals surface area contributed by atoms with E-state index in [9.17, 15) is 4.79 Å². The van der Waals surface area contributed by atoms with Crippen LogP contribution >= 0.6 is 0 Å². The summed E-state index contributed by atoms with van der Waals surface area (Å²) in [5.74, 6) is 0.223. The number of aryl methyl sites for hydroxylation is 1. The van der Waals surface area contributed by atoms with E-state index in [-0.39, 0.29) is 11.9 Å². The summed E-state index contributed by atoms with van der Waals surface area (Å²) in [6.07, 6.45) is 3.56. The van der Waals surface area contributed by atoms with Crippen LogP contribution in [-0.4, -0.2) is 43.0 Å². The van der Waals surface area contributed by atoms with E-state index < -0.39 is 0 Å². The summed E-state index contributed by atoms with van der Waals surface area (Å²) in [5.41, 5.74) is 4.46. The van der Waals surface area contributed by atoms with Crippen molar-refractivity contribution < 1.29 is 9.21 Å². The Morgan fingerprint density at radius 3 is 2.74 bits per heavy atom. The first-order valence-corrected chi connectivity index (χ1v) is 9.64. The summed E-state index contributed by atoms with van der Waals surface area (Å²) >= 11 is 0. The Hall–Kier alpha value is -2.95. The summed E-state index contributed by atoms with van der Waals surface area (Å²) in [6, 6.07) is 16.4. The smallest absolute Gasteiger partial charge is 0.245 e. The normalized spacial score (nSPS) is 19.6. The molecular weight excluding hydrogens is 338 g/mol. The maximum absolute atomic E-state index is 13.0. The van der Waals surface area contributed by atoms with Crippen molar-refractivity contribution in [1.82, 2.24) is 4.90 Å². The third-order valence-corrected chi connectivity index (χ3v) is 5.74. The van der Waals surface area contributed by atoms with Crippen LogP contribution in [0.3, 0.4) is 0 Å². The van der Waals surface area contributed by atoms with Crippen LogP contribution in [0.2, 0.25) is 0 Å². The topological polar surface area (TPSA) is 48.7 Å². The van der Waals surface area contributed by atoms with E-state index in [4.69, 9.17) is 4.42 Å². The number of fused-ring (bicyclic) bond motifs is 2. The van der Waals surface area contributed by atoms with Crippen molar-refractivity contribution in [2.24, 2.45) is 0 Å². The SMILES string of the molecule is O=C(C1CCc2ccccc2N1)N1CCN(c2cccc3ccoc23)CC1.